The van der Waals surface area contributed by atoms with Crippen molar-refractivity contribution >= 4 is 17.5 Å². The fraction of sp³-hybridized carbons (Fsp3) is 0.235. The number of carbonyl (C=O) groups excluding carboxylic acids is 1. The van der Waals surface area contributed by atoms with Gasteiger partial charge in [0, 0.05) is 18.6 Å². The number of methoxy groups -OCH3 is 1. The van der Waals surface area contributed by atoms with Gasteiger partial charge in [0.15, 0.2) is 0 Å². The summed E-state index contributed by atoms with van der Waals surface area (Å²) in [7, 11) is 3.40. The van der Waals surface area contributed by atoms with Crippen LogP contribution in [0.4, 0.5) is 0 Å². The van der Waals surface area contributed by atoms with Crippen LogP contribution in [-0.4, -0.2) is 25.0 Å². The molecule has 0 atom stereocenters. The first-order chi connectivity index (χ1) is 10.1. The number of carbonyl (C=O) groups is 1. The van der Waals surface area contributed by atoms with Gasteiger partial charge in [-0.2, -0.15) is 0 Å². The van der Waals surface area contributed by atoms with Crippen molar-refractivity contribution in [2.45, 2.75) is 13.0 Å². The largest absolute Gasteiger partial charge is 0.497 e. The highest BCUT2D eigenvalue weighted by atomic mass is 35.5. The van der Waals surface area contributed by atoms with Crippen molar-refractivity contribution in [2.75, 3.05) is 14.2 Å². The molecular formula is C17H18ClNO2. The van der Waals surface area contributed by atoms with Crippen LogP contribution in [0.25, 0.3) is 0 Å². The van der Waals surface area contributed by atoms with Crippen LogP contribution >= 0.6 is 11.6 Å². The van der Waals surface area contributed by atoms with Gasteiger partial charge in [0.25, 0.3) is 0 Å². The Balaban J connectivity index is 2.01. The number of benzene rings is 2. The molecular weight excluding hydrogens is 286 g/mol. The lowest BCUT2D eigenvalue weighted by Crippen LogP contribution is -2.27. The van der Waals surface area contributed by atoms with Crippen LogP contribution < -0.4 is 4.74 Å². The molecule has 21 heavy (non-hydrogen) atoms. The first-order valence-electron chi connectivity index (χ1n) is 6.70. The molecule has 0 spiro atoms. The van der Waals surface area contributed by atoms with Gasteiger partial charge in [0.05, 0.1) is 13.5 Å². The predicted octanol–water partition coefficient (Wildman–Crippen LogP) is 3.55. The van der Waals surface area contributed by atoms with Gasteiger partial charge in [0.1, 0.15) is 5.75 Å². The van der Waals surface area contributed by atoms with E-state index in [4.69, 9.17) is 16.3 Å². The second-order valence-corrected chi connectivity index (χ2v) is 5.28. The number of amides is 1. The van der Waals surface area contributed by atoms with Crippen LogP contribution in [0.1, 0.15) is 11.1 Å². The van der Waals surface area contributed by atoms with Crippen molar-refractivity contribution in [3.8, 4) is 5.75 Å². The van der Waals surface area contributed by atoms with E-state index in [1.165, 1.54) is 0 Å². The summed E-state index contributed by atoms with van der Waals surface area (Å²) in [4.78, 5) is 14.0. The first kappa shape index (κ1) is 15.4. The summed E-state index contributed by atoms with van der Waals surface area (Å²) in [5, 5.41) is 0.679. The van der Waals surface area contributed by atoms with Crippen molar-refractivity contribution in [3.05, 3.63) is 64.7 Å². The molecule has 4 heteroatoms. The Kier molecular flexibility index (Phi) is 5.23. The minimum Gasteiger partial charge on any atom is -0.497 e. The van der Waals surface area contributed by atoms with Gasteiger partial charge in [-0.3, -0.25) is 4.79 Å². The Hall–Kier alpha value is -2.00. The average molecular weight is 304 g/mol. The van der Waals surface area contributed by atoms with Gasteiger partial charge in [-0.1, -0.05) is 41.9 Å². The zero-order chi connectivity index (χ0) is 15.2. The Morgan fingerprint density at radius 2 is 1.95 bits per heavy atom. The Morgan fingerprint density at radius 1 is 1.19 bits per heavy atom. The number of rotatable bonds is 5. The Bertz CT molecular complexity index is 628. The number of ether oxygens (including phenoxy) is 1. The molecule has 0 unspecified atom stereocenters. The van der Waals surface area contributed by atoms with E-state index in [2.05, 4.69) is 0 Å². The van der Waals surface area contributed by atoms with E-state index in [-0.39, 0.29) is 5.91 Å². The smallest absolute Gasteiger partial charge is 0.227 e. The molecule has 110 valence electrons. The average Bonchev–Trinajstić information content (AvgIpc) is 2.49. The minimum absolute atomic E-state index is 0.0446. The summed E-state index contributed by atoms with van der Waals surface area (Å²) in [6.07, 6.45) is 0.345. The molecule has 2 rings (SSSR count). The maximum Gasteiger partial charge on any atom is 0.227 e. The van der Waals surface area contributed by atoms with Gasteiger partial charge < -0.3 is 9.64 Å². The highest BCUT2D eigenvalue weighted by molar-refractivity contribution is 6.31. The summed E-state index contributed by atoms with van der Waals surface area (Å²) in [5.41, 5.74) is 1.88. The minimum atomic E-state index is 0.0446. The molecule has 1 amide bonds. The topological polar surface area (TPSA) is 29.5 Å². The van der Waals surface area contributed by atoms with E-state index in [0.717, 1.165) is 16.9 Å². The second-order valence-electron chi connectivity index (χ2n) is 4.87. The van der Waals surface area contributed by atoms with Crippen molar-refractivity contribution in [3.63, 3.8) is 0 Å². The summed E-state index contributed by atoms with van der Waals surface area (Å²) in [5.74, 6) is 0.803. The standard InChI is InChI=1S/C17H18ClNO2/c1-19(12-14-7-3-4-9-16(14)18)17(20)11-13-6-5-8-15(10-13)21-2/h3-10H,11-12H2,1-2H3. The number of hydrogen-bond acceptors (Lipinski definition) is 2. The van der Waals surface area contributed by atoms with Gasteiger partial charge in [-0.05, 0) is 29.3 Å². The molecule has 0 aliphatic heterocycles. The third-order valence-electron chi connectivity index (χ3n) is 3.28. The molecule has 0 aromatic heterocycles. The number of hydrogen-bond donors (Lipinski definition) is 0. The molecule has 2 aromatic rings. The summed E-state index contributed by atoms with van der Waals surface area (Å²) in [6, 6.07) is 15.1. The lowest BCUT2D eigenvalue weighted by Gasteiger charge is -2.18. The third-order valence-corrected chi connectivity index (χ3v) is 3.65. The Labute approximate surface area is 130 Å². The zero-order valence-electron chi connectivity index (χ0n) is 12.2. The Morgan fingerprint density at radius 3 is 2.67 bits per heavy atom. The fourth-order valence-corrected chi connectivity index (χ4v) is 2.26. The van der Waals surface area contributed by atoms with E-state index in [9.17, 15) is 4.79 Å². The van der Waals surface area contributed by atoms with Crippen LogP contribution in [0.3, 0.4) is 0 Å². The fourth-order valence-electron chi connectivity index (χ4n) is 2.06. The molecule has 0 N–H and O–H groups in total. The quantitative estimate of drug-likeness (QED) is 0.845. The normalized spacial score (nSPS) is 10.2. The van der Waals surface area contributed by atoms with E-state index in [1.807, 2.05) is 48.5 Å². The van der Waals surface area contributed by atoms with E-state index in [0.29, 0.717) is 18.0 Å². The molecule has 0 bridgehead atoms. The lowest BCUT2D eigenvalue weighted by molar-refractivity contribution is -0.129. The SMILES string of the molecule is COc1cccc(CC(=O)N(C)Cc2ccccc2Cl)c1. The van der Waals surface area contributed by atoms with Crippen LogP contribution in [0.5, 0.6) is 5.75 Å². The number of halogens is 1. The van der Waals surface area contributed by atoms with Crippen LogP contribution in [0.2, 0.25) is 5.02 Å². The first-order valence-corrected chi connectivity index (χ1v) is 7.08. The molecule has 0 heterocycles. The van der Waals surface area contributed by atoms with E-state index < -0.39 is 0 Å². The molecule has 0 fully saturated rings. The molecule has 0 aliphatic carbocycles. The van der Waals surface area contributed by atoms with Crippen molar-refractivity contribution < 1.29 is 9.53 Å². The van der Waals surface area contributed by atoms with Crippen molar-refractivity contribution in [1.29, 1.82) is 0 Å². The van der Waals surface area contributed by atoms with E-state index >= 15 is 0 Å². The molecule has 2 aromatic carbocycles. The predicted molar refractivity (Wildman–Crippen MR) is 84.6 cm³/mol. The maximum absolute atomic E-state index is 12.3. The van der Waals surface area contributed by atoms with Crippen LogP contribution in [-0.2, 0) is 17.8 Å². The zero-order valence-corrected chi connectivity index (χ0v) is 12.9. The van der Waals surface area contributed by atoms with Crippen LogP contribution in [0, 0.1) is 0 Å². The second kappa shape index (κ2) is 7.14. The summed E-state index contributed by atoms with van der Waals surface area (Å²) in [6.45, 7) is 0.502. The highest BCUT2D eigenvalue weighted by Gasteiger charge is 2.12. The van der Waals surface area contributed by atoms with Crippen LogP contribution in [0.15, 0.2) is 48.5 Å². The van der Waals surface area contributed by atoms with Gasteiger partial charge in [-0.25, -0.2) is 0 Å². The molecule has 0 saturated carbocycles. The van der Waals surface area contributed by atoms with Crippen molar-refractivity contribution in [2.24, 2.45) is 0 Å². The molecule has 0 saturated heterocycles. The number of likely N-dealkylation sites (N-methyl/N-ethyl adjacent to an activating group) is 1. The van der Waals surface area contributed by atoms with Gasteiger partial charge in [0.2, 0.25) is 5.91 Å². The van der Waals surface area contributed by atoms with E-state index in [1.54, 1.807) is 19.1 Å². The summed E-state index contributed by atoms with van der Waals surface area (Å²) < 4.78 is 5.17. The third kappa shape index (κ3) is 4.23. The highest BCUT2D eigenvalue weighted by Crippen LogP contribution is 2.18. The van der Waals surface area contributed by atoms with Crippen molar-refractivity contribution in [1.82, 2.24) is 4.90 Å². The lowest BCUT2D eigenvalue weighted by atomic mass is 10.1. The van der Waals surface area contributed by atoms with Gasteiger partial charge >= 0.3 is 0 Å². The summed E-state index contributed by atoms with van der Waals surface area (Å²) >= 11 is 6.12. The number of nitrogens with zero attached hydrogens (tertiary/aromatic N) is 1. The van der Waals surface area contributed by atoms with Gasteiger partial charge in [-0.15, -0.1) is 0 Å². The maximum atomic E-state index is 12.3. The molecule has 0 radical (unpaired) electrons. The monoisotopic (exact) mass is 303 g/mol. The molecule has 0 aliphatic rings. The molecule has 3 nitrogen and oxygen atoms in total.